The van der Waals surface area contributed by atoms with Gasteiger partial charge < -0.3 is 19.5 Å². The van der Waals surface area contributed by atoms with Gasteiger partial charge in [-0.15, -0.1) is 0 Å². The summed E-state index contributed by atoms with van der Waals surface area (Å²) in [6, 6.07) is 25.7. The quantitative estimate of drug-likeness (QED) is 0.355. The van der Waals surface area contributed by atoms with Crippen LogP contribution < -0.4 is 15.0 Å². The molecule has 0 saturated heterocycles. The van der Waals surface area contributed by atoms with Crippen molar-refractivity contribution in [3.63, 3.8) is 0 Å². The van der Waals surface area contributed by atoms with Crippen LogP contribution in [0.25, 0.3) is 22.6 Å². The first kappa shape index (κ1) is 24.1. The number of carbonyl (C=O) groups is 1. The third-order valence-electron chi connectivity index (χ3n) is 6.13. The Hall–Kier alpha value is -4.06. The minimum Gasteiger partial charge on any atom is -0.497 e. The zero-order chi connectivity index (χ0) is 24.9. The molecule has 0 fully saturated rings. The van der Waals surface area contributed by atoms with E-state index in [4.69, 9.17) is 9.72 Å². The van der Waals surface area contributed by atoms with E-state index in [9.17, 15) is 4.79 Å². The van der Waals surface area contributed by atoms with Crippen molar-refractivity contribution in [1.82, 2.24) is 14.9 Å². The highest BCUT2D eigenvalue weighted by atomic mass is 16.5. The van der Waals surface area contributed by atoms with E-state index in [1.54, 1.807) is 7.11 Å². The second-order valence-electron chi connectivity index (χ2n) is 8.66. The van der Waals surface area contributed by atoms with Crippen LogP contribution in [0.15, 0.2) is 78.9 Å². The first-order valence-corrected chi connectivity index (χ1v) is 11.8. The maximum Gasteiger partial charge on any atom is 0.270 e. The van der Waals surface area contributed by atoms with Crippen LogP contribution in [-0.2, 0) is 6.54 Å². The van der Waals surface area contributed by atoms with Crippen LogP contribution in [-0.4, -0.2) is 36.7 Å². The van der Waals surface area contributed by atoms with Crippen molar-refractivity contribution in [3.05, 3.63) is 90.1 Å². The number of nitrogens with one attached hydrogen (secondary N) is 1. The van der Waals surface area contributed by atoms with Crippen molar-refractivity contribution in [2.75, 3.05) is 26.1 Å². The molecule has 35 heavy (non-hydrogen) atoms. The fourth-order valence-electron chi connectivity index (χ4n) is 4.17. The number of carbonyl (C=O) groups excluding carboxylic acids is 1. The highest BCUT2D eigenvalue weighted by molar-refractivity contribution is 6.00. The Labute approximate surface area is 207 Å². The normalized spacial score (nSPS) is 11.7. The van der Waals surface area contributed by atoms with Gasteiger partial charge in [0.1, 0.15) is 23.0 Å². The second kappa shape index (κ2) is 10.5. The molecule has 4 aromatic rings. The SMILES string of the molecule is CCn1c(-c2ccccc2)nc(-c2cccc(N(C)C)c2)c1C(=O)N[C@@H](C)c1ccc(OC)cc1. The number of methoxy groups -OCH3 is 1. The van der Waals surface area contributed by atoms with Crippen molar-refractivity contribution >= 4 is 11.6 Å². The molecule has 0 aliphatic carbocycles. The summed E-state index contributed by atoms with van der Waals surface area (Å²) in [5, 5.41) is 3.19. The Morgan fingerprint density at radius 2 is 1.69 bits per heavy atom. The predicted molar refractivity (Wildman–Crippen MR) is 142 cm³/mol. The van der Waals surface area contributed by atoms with Gasteiger partial charge in [0.2, 0.25) is 0 Å². The summed E-state index contributed by atoms with van der Waals surface area (Å²) in [5.41, 5.74) is 5.16. The van der Waals surface area contributed by atoms with Crippen LogP contribution in [0.3, 0.4) is 0 Å². The van der Waals surface area contributed by atoms with E-state index >= 15 is 0 Å². The predicted octanol–water partition coefficient (Wildman–Crippen LogP) is 5.80. The molecule has 1 N–H and O–H groups in total. The van der Waals surface area contributed by atoms with Gasteiger partial charge in [-0.05, 0) is 43.7 Å². The Balaban J connectivity index is 1.79. The fraction of sp³-hybridized carbons (Fsp3) is 0.241. The fourth-order valence-corrected chi connectivity index (χ4v) is 4.17. The van der Waals surface area contributed by atoms with Crippen LogP contribution >= 0.6 is 0 Å². The lowest BCUT2D eigenvalue weighted by atomic mass is 10.1. The maximum absolute atomic E-state index is 13.8. The van der Waals surface area contributed by atoms with Gasteiger partial charge in [0.25, 0.3) is 5.91 Å². The second-order valence-corrected chi connectivity index (χ2v) is 8.66. The third-order valence-corrected chi connectivity index (χ3v) is 6.13. The number of benzene rings is 3. The van der Waals surface area contributed by atoms with E-state index in [2.05, 4.69) is 11.4 Å². The van der Waals surface area contributed by atoms with Crippen molar-refractivity contribution in [3.8, 4) is 28.4 Å². The monoisotopic (exact) mass is 468 g/mol. The van der Waals surface area contributed by atoms with E-state index in [1.807, 2.05) is 110 Å². The van der Waals surface area contributed by atoms with Crippen LogP contribution in [0.2, 0.25) is 0 Å². The highest BCUT2D eigenvalue weighted by Crippen LogP contribution is 2.32. The number of hydrogen-bond donors (Lipinski definition) is 1. The average molecular weight is 469 g/mol. The summed E-state index contributed by atoms with van der Waals surface area (Å²) in [6.07, 6.45) is 0. The van der Waals surface area contributed by atoms with Crippen LogP contribution in [0.4, 0.5) is 5.69 Å². The van der Waals surface area contributed by atoms with Gasteiger partial charge >= 0.3 is 0 Å². The minimum absolute atomic E-state index is 0.157. The Kier molecular flexibility index (Phi) is 7.20. The molecule has 1 heterocycles. The molecular formula is C29H32N4O2. The number of rotatable bonds is 8. The van der Waals surface area contributed by atoms with E-state index in [-0.39, 0.29) is 11.9 Å². The number of hydrogen-bond acceptors (Lipinski definition) is 4. The largest absolute Gasteiger partial charge is 0.497 e. The molecule has 3 aromatic carbocycles. The maximum atomic E-state index is 13.8. The summed E-state index contributed by atoms with van der Waals surface area (Å²) in [4.78, 5) is 20.8. The van der Waals surface area contributed by atoms with Gasteiger partial charge in [0.05, 0.1) is 13.2 Å². The molecule has 0 aliphatic heterocycles. The number of amides is 1. The van der Waals surface area contributed by atoms with Crippen LogP contribution in [0.5, 0.6) is 5.75 Å². The van der Waals surface area contributed by atoms with Gasteiger partial charge in [0, 0.05) is 37.5 Å². The molecule has 6 nitrogen and oxygen atoms in total. The van der Waals surface area contributed by atoms with Gasteiger partial charge in [-0.25, -0.2) is 4.98 Å². The van der Waals surface area contributed by atoms with Crippen molar-refractivity contribution in [2.24, 2.45) is 0 Å². The molecule has 6 heteroatoms. The topological polar surface area (TPSA) is 59.4 Å². The third kappa shape index (κ3) is 5.06. The first-order valence-electron chi connectivity index (χ1n) is 11.8. The Morgan fingerprint density at radius 1 is 1.00 bits per heavy atom. The van der Waals surface area contributed by atoms with Crippen LogP contribution in [0, 0.1) is 0 Å². The molecule has 1 amide bonds. The van der Waals surface area contributed by atoms with Gasteiger partial charge in [-0.3, -0.25) is 4.79 Å². The minimum atomic E-state index is -0.185. The van der Waals surface area contributed by atoms with E-state index in [0.717, 1.165) is 34.0 Å². The average Bonchev–Trinajstić information content (AvgIpc) is 3.29. The summed E-state index contributed by atoms with van der Waals surface area (Å²) >= 11 is 0. The number of imidazole rings is 1. The number of aromatic nitrogens is 2. The summed E-state index contributed by atoms with van der Waals surface area (Å²) in [5.74, 6) is 1.41. The van der Waals surface area contributed by atoms with E-state index < -0.39 is 0 Å². The number of anilines is 1. The molecule has 0 saturated carbocycles. The number of ether oxygens (including phenoxy) is 1. The molecule has 1 atom stereocenters. The lowest BCUT2D eigenvalue weighted by Crippen LogP contribution is -2.29. The molecular weight excluding hydrogens is 436 g/mol. The molecule has 1 aromatic heterocycles. The van der Waals surface area contributed by atoms with Gasteiger partial charge in [0.15, 0.2) is 0 Å². The number of nitrogens with zero attached hydrogens (tertiary/aromatic N) is 3. The smallest absolute Gasteiger partial charge is 0.270 e. The lowest BCUT2D eigenvalue weighted by Gasteiger charge is -2.17. The molecule has 0 radical (unpaired) electrons. The van der Waals surface area contributed by atoms with Crippen molar-refractivity contribution < 1.29 is 9.53 Å². The van der Waals surface area contributed by atoms with E-state index in [0.29, 0.717) is 17.9 Å². The van der Waals surface area contributed by atoms with Crippen molar-refractivity contribution in [2.45, 2.75) is 26.4 Å². The summed E-state index contributed by atoms with van der Waals surface area (Å²) in [7, 11) is 5.65. The van der Waals surface area contributed by atoms with Crippen LogP contribution in [0.1, 0.15) is 35.9 Å². The highest BCUT2D eigenvalue weighted by Gasteiger charge is 2.25. The molecule has 0 spiro atoms. The first-order chi connectivity index (χ1) is 16.9. The Morgan fingerprint density at radius 3 is 2.31 bits per heavy atom. The summed E-state index contributed by atoms with van der Waals surface area (Å²) < 4.78 is 7.27. The molecule has 0 bridgehead atoms. The van der Waals surface area contributed by atoms with E-state index in [1.165, 1.54) is 0 Å². The van der Waals surface area contributed by atoms with Gasteiger partial charge in [-0.1, -0.05) is 54.6 Å². The lowest BCUT2D eigenvalue weighted by molar-refractivity contribution is 0.0931. The Bertz CT molecular complexity index is 1290. The zero-order valence-electron chi connectivity index (χ0n) is 20.9. The molecule has 0 aliphatic rings. The zero-order valence-corrected chi connectivity index (χ0v) is 20.9. The molecule has 180 valence electrons. The molecule has 4 rings (SSSR count). The molecule has 0 unspecified atom stereocenters. The van der Waals surface area contributed by atoms with Gasteiger partial charge in [-0.2, -0.15) is 0 Å². The standard InChI is InChI=1S/C29H32N4O2/c1-6-33-27(29(34)30-20(2)21-15-17-25(35-5)18-16-21)26(23-13-10-14-24(19-23)32(3)4)31-28(33)22-11-8-7-9-12-22/h7-20H,6H2,1-5H3,(H,30,34)/t20-/m0/s1. The summed E-state index contributed by atoms with van der Waals surface area (Å²) in [6.45, 7) is 4.64. The van der Waals surface area contributed by atoms with Crippen molar-refractivity contribution in [1.29, 1.82) is 0 Å².